The topological polar surface area (TPSA) is 84.9 Å². The SMILES string of the molecule is Cc1[nH]c2c([N+](=O)[O-])cccc2c1CCN. The number of nitrogens with zero attached hydrogens (tertiary/aromatic N) is 1. The maximum Gasteiger partial charge on any atom is 0.293 e. The van der Waals surface area contributed by atoms with Gasteiger partial charge < -0.3 is 10.7 Å². The smallest absolute Gasteiger partial charge is 0.293 e. The Morgan fingerprint density at radius 2 is 2.25 bits per heavy atom. The Labute approximate surface area is 92.4 Å². The largest absolute Gasteiger partial charge is 0.353 e. The van der Waals surface area contributed by atoms with Gasteiger partial charge in [0.25, 0.3) is 5.69 Å². The quantitative estimate of drug-likeness (QED) is 0.610. The van der Waals surface area contributed by atoms with Gasteiger partial charge in [0.1, 0.15) is 5.52 Å². The number of para-hydroxylation sites is 1. The van der Waals surface area contributed by atoms with Gasteiger partial charge in [0.15, 0.2) is 0 Å². The second-order valence-corrected chi connectivity index (χ2v) is 3.72. The van der Waals surface area contributed by atoms with Crippen molar-refractivity contribution in [2.45, 2.75) is 13.3 Å². The van der Waals surface area contributed by atoms with Crippen LogP contribution >= 0.6 is 0 Å². The van der Waals surface area contributed by atoms with Gasteiger partial charge in [-0.05, 0) is 25.5 Å². The van der Waals surface area contributed by atoms with Gasteiger partial charge in [0.2, 0.25) is 0 Å². The minimum Gasteiger partial charge on any atom is -0.353 e. The van der Waals surface area contributed by atoms with Gasteiger partial charge in [-0.3, -0.25) is 10.1 Å². The van der Waals surface area contributed by atoms with E-state index >= 15 is 0 Å². The lowest BCUT2D eigenvalue weighted by atomic mass is 10.1. The van der Waals surface area contributed by atoms with Crippen LogP contribution in [0, 0.1) is 17.0 Å². The number of aromatic amines is 1. The lowest BCUT2D eigenvalue weighted by Gasteiger charge is -1.97. The van der Waals surface area contributed by atoms with E-state index in [2.05, 4.69) is 4.98 Å². The molecule has 5 nitrogen and oxygen atoms in total. The standard InChI is InChI=1S/C11H13N3O2/c1-7-8(5-6-12)9-3-2-4-10(14(15)16)11(9)13-7/h2-4,13H,5-6,12H2,1H3. The van der Waals surface area contributed by atoms with E-state index in [4.69, 9.17) is 5.73 Å². The zero-order valence-corrected chi connectivity index (χ0v) is 8.99. The first-order chi connectivity index (χ1) is 7.65. The first kappa shape index (κ1) is 10.6. The van der Waals surface area contributed by atoms with E-state index < -0.39 is 0 Å². The van der Waals surface area contributed by atoms with E-state index in [-0.39, 0.29) is 10.6 Å². The van der Waals surface area contributed by atoms with Gasteiger partial charge >= 0.3 is 0 Å². The van der Waals surface area contributed by atoms with Crippen LogP contribution in [0.1, 0.15) is 11.3 Å². The fourth-order valence-corrected chi connectivity index (χ4v) is 2.01. The molecule has 0 saturated heterocycles. The number of nitrogens with one attached hydrogen (secondary N) is 1. The van der Waals surface area contributed by atoms with Crippen molar-refractivity contribution in [3.63, 3.8) is 0 Å². The summed E-state index contributed by atoms with van der Waals surface area (Å²) in [5, 5.41) is 11.8. The number of fused-ring (bicyclic) bond motifs is 1. The Bertz CT molecular complexity index is 545. The van der Waals surface area contributed by atoms with Crippen molar-refractivity contribution < 1.29 is 4.92 Å². The van der Waals surface area contributed by atoms with Crippen molar-refractivity contribution in [2.75, 3.05) is 6.54 Å². The molecule has 1 heterocycles. The van der Waals surface area contributed by atoms with Gasteiger partial charge in [-0.1, -0.05) is 12.1 Å². The molecule has 2 aromatic rings. The number of hydrogen-bond donors (Lipinski definition) is 2. The van der Waals surface area contributed by atoms with E-state index in [1.54, 1.807) is 6.07 Å². The van der Waals surface area contributed by atoms with Crippen molar-refractivity contribution in [2.24, 2.45) is 5.73 Å². The number of aryl methyl sites for hydroxylation is 1. The van der Waals surface area contributed by atoms with Gasteiger partial charge in [0, 0.05) is 17.1 Å². The van der Waals surface area contributed by atoms with Gasteiger partial charge in [-0.25, -0.2) is 0 Å². The number of nitro benzene ring substituents is 1. The minimum atomic E-state index is -0.371. The number of hydrogen-bond acceptors (Lipinski definition) is 3. The van der Waals surface area contributed by atoms with Crippen molar-refractivity contribution in [1.82, 2.24) is 4.98 Å². The Hall–Kier alpha value is -1.88. The van der Waals surface area contributed by atoms with E-state index in [9.17, 15) is 10.1 Å². The highest BCUT2D eigenvalue weighted by Gasteiger charge is 2.16. The second kappa shape index (κ2) is 3.94. The Kier molecular flexibility index (Phi) is 2.62. The van der Waals surface area contributed by atoms with E-state index in [1.807, 2.05) is 13.0 Å². The molecule has 0 spiro atoms. The Balaban J connectivity index is 2.72. The number of benzene rings is 1. The number of nitro groups is 1. The van der Waals surface area contributed by atoms with Crippen molar-refractivity contribution in [3.8, 4) is 0 Å². The maximum atomic E-state index is 10.9. The molecule has 16 heavy (non-hydrogen) atoms. The summed E-state index contributed by atoms with van der Waals surface area (Å²) in [7, 11) is 0. The summed E-state index contributed by atoms with van der Waals surface area (Å²) in [5.41, 5.74) is 8.26. The first-order valence-electron chi connectivity index (χ1n) is 5.09. The van der Waals surface area contributed by atoms with Crippen molar-refractivity contribution in [3.05, 3.63) is 39.6 Å². The van der Waals surface area contributed by atoms with Gasteiger partial charge in [0.05, 0.1) is 4.92 Å². The molecule has 0 aliphatic heterocycles. The third-order valence-corrected chi connectivity index (χ3v) is 2.72. The van der Waals surface area contributed by atoms with Crippen LogP contribution in [0.3, 0.4) is 0 Å². The molecule has 0 fully saturated rings. The average Bonchev–Trinajstić information content (AvgIpc) is 2.56. The van der Waals surface area contributed by atoms with Gasteiger partial charge in [-0.2, -0.15) is 0 Å². The molecule has 0 atom stereocenters. The molecule has 0 bridgehead atoms. The molecule has 0 amide bonds. The molecule has 5 heteroatoms. The predicted octanol–water partition coefficient (Wildman–Crippen LogP) is 1.89. The molecule has 0 aliphatic rings. The predicted molar refractivity (Wildman–Crippen MR) is 62.4 cm³/mol. The van der Waals surface area contributed by atoms with Crippen LogP contribution in [0.25, 0.3) is 10.9 Å². The van der Waals surface area contributed by atoms with E-state index in [0.717, 1.165) is 23.1 Å². The van der Waals surface area contributed by atoms with E-state index in [0.29, 0.717) is 12.1 Å². The average molecular weight is 219 g/mol. The highest BCUT2D eigenvalue weighted by molar-refractivity contribution is 5.91. The monoisotopic (exact) mass is 219 g/mol. The normalized spacial score (nSPS) is 10.9. The molecule has 1 aromatic heterocycles. The molecule has 3 N–H and O–H groups in total. The van der Waals surface area contributed by atoms with Crippen LogP contribution in [0.4, 0.5) is 5.69 Å². The number of rotatable bonds is 3. The summed E-state index contributed by atoms with van der Waals surface area (Å²) < 4.78 is 0. The molecule has 2 rings (SSSR count). The first-order valence-corrected chi connectivity index (χ1v) is 5.09. The summed E-state index contributed by atoms with van der Waals surface area (Å²) in [4.78, 5) is 13.5. The summed E-state index contributed by atoms with van der Waals surface area (Å²) >= 11 is 0. The highest BCUT2D eigenvalue weighted by Crippen LogP contribution is 2.29. The highest BCUT2D eigenvalue weighted by atomic mass is 16.6. The van der Waals surface area contributed by atoms with Crippen LogP contribution in [0.15, 0.2) is 18.2 Å². The maximum absolute atomic E-state index is 10.9. The lowest BCUT2D eigenvalue weighted by Crippen LogP contribution is -2.03. The molecular formula is C11H13N3O2. The zero-order valence-electron chi connectivity index (χ0n) is 8.99. The number of nitrogens with two attached hydrogens (primary N) is 1. The molecule has 0 unspecified atom stereocenters. The second-order valence-electron chi connectivity index (χ2n) is 3.72. The number of non-ortho nitro benzene ring substituents is 1. The van der Waals surface area contributed by atoms with Crippen LogP contribution < -0.4 is 5.73 Å². The van der Waals surface area contributed by atoms with Crippen molar-refractivity contribution >= 4 is 16.6 Å². The van der Waals surface area contributed by atoms with Crippen LogP contribution in [0.2, 0.25) is 0 Å². The third kappa shape index (κ3) is 1.55. The van der Waals surface area contributed by atoms with Crippen LogP contribution in [0.5, 0.6) is 0 Å². The number of H-pyrrole nitrogens is 1. The van der Waals surface area contributed by atoms with Gasteiger partial charge in [-0.15, -0.1) is 0 Å². The minimum absolute atomic E-state index is 0.115. The lowest BCUT2D eigenvalue weighted by molar-refractivity contribution is -0.383. The van der Waals surface area contributed by atoms with Crippen molar-refractivity contribution in [1.29, 1.82) is 0 Å². The fraction of sp³-hybridized carbons (Fsp3) is 0.273. The Morgan fingerprint density at radius 1 is 1.50 bits per heavy atom. The molecule has 0 radical (unpaired) electrons. The molecule has 0 aliphatic carbocycles. The molecular weight excluding hydrogens is 206 g/mol. The fourth-order valence-electron chi connectivity index (χ4n) is 2.01. The van der Waals surface area contributed by atoms with Crippen LogP contribution in [-0.4, -0.2) is 16.5 Å². The molecule has 1 aromatic carbocycles. The molecule has 0 saturated carbocycles. The number of aromatic nitrogens is 1. The Morgan fingerprint density at radius 3 is 2.88 bits per heavy atom. The van der Waals surface area contributed by atoms with E-state index in [1.165, 1.54) is 6.07 Å². The summed E-state index contributed by atoms with van der Waals surface area (Å²) in [6.07, 6.45) is 0.729. The summed E-state index contributed by atoms with van der Waals surface area (Å²) in [6.45, 7) is 2.45. The summed E-state index contributed by atoms with van der Waals surface area (Å²) in [6, 6.07) is 5.09. The summed E-state index contributed by atoms with van der Waals surface area (Å²) in [5.74, 6) is 0. The van der Waals surface area contributed by atoms with Crippen LogP contribution in [-0.2, 0) is 6.42 Å². The zero-order chi connectivity index (χ0) is 11.7. The molecule has 84 valence electrons. The third-order valence-electron chi connectivity index (χ3n) is 2.72.